The Morgan fingerprint density at radius 3 is 2.64 bits per heavy atom. The quantitative estimate of drug-likeness (QED) is 0.866. The van der Waals surface area contributed by atoms with Crippen LogP contribution in [0.5, 0.6) is 0 Å². The number of nitrogens with one attached hydrogen (secondary N) is 1. The highest BCUT2D eigenvalue weighted by atomic mass is 16.6. The third-order valence-corrected chi connectivity index (χ3v) is 5.21. The van der Waals surface area contributed by atoms with Crippen LogP contribution in [0.15, 0.2) is 42.6 Å². The summed E-state index contributed by atoms with van der Waals surface area (Å²) >= 11 is 0. The van der Waals surface area contributed by atoms with Crippen LogP contribution in [0.2, 0.25) is 0 Å². The molecule has 1 aromatic carbocycles. The molecule has 7 nitrogen and oxygen atoms in total. The zero-order valence-electron chi connectivity index (χ0n) is 15.5. The van der Waals surface area contributed by atoms with Crippen LogP contribution in [0, 0.1) is 11.3 Å². The van der Waals surface area contributed by atoms with E-state index in [4.69, 9.17) is 4.74 Å². The summed E-state index contributed by atoms with van der Waals surface area (Å²) in [5, 5.41) is 12.0. The second kappa shape index (κ2) is 6.97. The van der Waals surface area contributed by atoms with Gasteiger partial charge in [-0.25, -0.2) is 4.79 Å². The molecule has 1 saturated heterocycles. The normalized spacial score (nSPS) is 19.6. The second-order valence-corrected chi connectivity index (χ2v) is 7.23. The molecule has 0 radical (unpaired) electrons. The molecule has 2 aliphatic rings. The molecule has 2 heterocycles. The number of carbonyl (C=O) groups excluding carboxylic acids is 2. The smallest absolute Gasteiger partial charge is 0.414 e. The third-order valence-electron chi connectivity index (χ3n) is 5.21. The summed E-state index contributed by atoms with van der Waals surface area (Å²) < 4.78 is 5.29. The molecular formula is C21H20N4O3. The number of benzene rings is 1. The van der Waals surface area contributed by atoms with Crippen molar-refractivity contribution >= 4 is 17.7 Å². The van der Waals surface area contributed by atoms with E-state index in [0.29, 0.717) is 13.1 Å². The first kappa shape index (κ1) is 18.0. The molecule has 28 heavy (non-hydrogen) atoms. The molecule has 1 N–H and O–H groups in total. The van der Waals surface area contributed by atoms with E-state index in [1.807, 2.05) is 36.4 Å². The standard InChI is InChI=1S/C21H20N4O3/c1-14(26)23-11-18-12-25(20(27)28-18)17-5-2-15(3-6-17)19-7-4-16(10-24-19)21(13-22)8-9-21/h2-7,10,18H,8-9,11-12H2,1H3,(H,23,26). The van der Waals surface area contributed by atoms with Crippen LogP contribution in [-0.4, -0.2) is 36.2 Å². The van der Waals surface area contributed by atoms with Crippen LogP contribution >= 0.6 is 0 Å². The number of anilines is 1. The number of pyridine rings is 1. The first-order valence-corrected chi connectivity index (χ1v) is 9.21. The molecule has 1 aromatic heterocycles. The Hall–Kier alpha value is -3.40. The summed E-state index contributed by atoms with van der Waals surface area (Å²) in [6, 6.07) is 13.8. The van der Waals surface area contributed by atoms with Crippen molar-refractivity contribution in [2.45, 2.75) is 31.3 Å². The number of amides is 2. The lowest BCUT2D eigenvalue weighted by molar-refractivity contribution is -0.119. The van der Waals surface area contributed by atoms with Gasteiger partial charge in [0.05, 0.1) is 30.3 Å². The molecule has 142 valence electrons. The molecule has 4 rings (SSSR count). The number of rotatable bonds is 5. The highest BCUT2D eigenvalue weighted by Gasteiger charge is 2.45. The van der Waals surface area contributed by atoms with E-state index in [-0.39, 0.29) is 17.4 Å². The van der Waals surface area contributed by atoms with E-state index in [0.717, 1.165) is 35.3 Å². The fourth-order valence-electron chi connectivity index (χ4n) is 3.35. The van der Waals surface area contributed by atoms with Crippen molar-refractivity contribution in [3.05, 3.63) is 48.2 Å². The first-order valence-electron chi connectivity index (χ1n) is 9.21. The number of cyclic esters (lactones) is 1. The molecule has 0 bridgehead atoms. The summed E-state index contributed by atoms with van der Waals surface area (Å²) in [7, 11) is 0. The van der Waals surface area contributed by atoms with E-state index in [9.17, 15) is 14.9 Å². The lowest BCUT2D eigenvalue weighted by atomic mass is 9.99. The average molecular weight is 376 g/mol. The van der Waals surface area contributed by atoms with E-state index in [1.165, 1.54) is 6.92 Å². The number of hydrogen-bond acceptors (Lipinski definition) is 5. The van der Waals surface area contributed by atoms with Crippen LogP contribution in [0.4, 0.5) is 10.5 Å². The number of hydrogen-bond donors (Lipinski definition) is 1. The molecule has 0 spiro atoms. The maximum Gasteiger partial charge on any atom is 0.414 e. The van der Waals surface area contributed by atoms with Crippen LogP contribution in [0.3, 0.4) is 0 Å². The Morgan fingerprint density at radius 1 is 1.32 bits per heavy atom. The van der Waals surface area contributed by atoms with Gasteiger partial charge in [0.15, 0.2) is 0 Å². The van der Waals surface area contributed by atoms with Gasteiger partial charge in [-0.3, -0.25) is 14.7 Å². The van der Waals surface area contributed by atoms with Crippen molar-refractivity contribution in [1.29, 1.82) is 5.26 Å². The molecule has 1 unspecified atom stereocenters. The fraction of sp³-hybridized carbons (Fsp3) is 0.333. The molecule has 1 aliphatic heterocycles. The van der Waals surface area contributed by atoms with Crippen molar-refractivity contribution in [3.8, 4) is 17.3 Å². The summed E-state index contributed by atoms with van der Waals surface area (Å²) in [4.78, 5) is 29.2. The van der Waals surface area contributed by atoms with Gasteiger partial charge >= 0.3 is 6.09 Å². The zero-order valence-corrected chi connectivity index (χ0v) is 15.5. The minimum atomic E-state index is -0.420. The molecule has 1 saturated carbocycles. The largest absolute Gasteiger partial charge is 0.442 e. The lowest BCUT2D eigenvalue weighted by Crippen LogP contribution is -2.33. The van der Waals surface area contributed by atoms with Gasteiger partial charge in [0.2, 0.25) is 5.91 Å². The Morgan fingerprint density at radius 2 is 2.07 bits per heavy atom. The molecule has 2 aromatic rings. The molecule has 2 fully saturated rings. The van der Waals surface area contributed by atoms with E-state index in [1.54, 1.807) is 11.1 Å². The van der Waals surface area contributed by atoms with E-state index < -0.39 is 6.09 Å². The van der Waals surface area contributed by atoms with Crippen molar-refractivity contribution < 1.29 is 14.3 Å². The predicted octanol–water partition coefficient (Wildman–Crippen LogP) is 2.77. The number of nitrogens with zero attached hydrogens (tertiary/aromatic N) is 3. The first-order chi connectivity index (χ1) is 13.5. The van der Waals surface area contributed by atoms with Crippen LogP contribution < -0.4 is 10.2 Å². The van der Waals surface area contributed by atoms with Crippen LogP contribution in [0.25, 0.3) is 11.3 Å². The van der Waals surface area contributed by atoms with E-state index >= 15 is 0 Å². The average Bonchev–Trinajstić information content (AvgIpc) is 3.43. The van der Waals surface area contributed by atoms with Gasteiger partial charge in [-0.05, 0) is 36.6 Å². The lowest BCUT2D eigenvalue weighted by Gasteiger charge is -2.14. The van der Waals surface area contributed by atoms with Gasteiger partial charge in [-0.15, -0.1) is 0 Å². The Bertz CT molecular complexity index is 943. The Kier molecular flexibility index (Phi) is 4.47. The van der Waals surface area contributed by atoms with Gasteiger partial charge in [0.1, 0.15) is 6.10 Å². The van der Waals surface area contributed by atoms with Gasteiger partial charge in [0, 0.05) is 24.4 Å². The topological polar surface area (TPSA) is 95.3 Å². The van der Waals surface area contributed by atoms with Crippen molar-refractivity contribution in [1.82, 2.24) is 10.3 Å². The van der Waals surface area contributed by atoms with Crippen LogP contribution in [0.1, 0.15) is 25.3 Å². The second-order valence-electron chi connectivity index (χ2n) is 7.23. The summed E-state index contributed by atoms with van der Waals surface area (Å²) in [5.74, 6) is -0.153. The molecule has 7 heteroatoms. The number of ether oxygens (including phenoxy) is 1. The molecule has 1 atom stereocenters. The fourth-order valence-corrected chi connectivity index (χ4v) is 3.35. The number of nitriles is 1. The van der Waals surface area contributed by atoms with Crippen molar-refractivity contribution in [2.24, 2.45) is 0 Å². The monoisotopic (exact) mass is 376 g/mol. The van der Waals surface area contributed by atoms with Crippen LogP contribution in [-0.2, 0) is 14.9 Å². The minimum Gasteiger partial charge on any atom is -0.442 e. The minimum absolute atomic E-state index is 0.153. The third kappa shape index (κ3) is 3.41. The highest BCUT2D eigenvalue weighted by molar-refractivity contribution is 5.90. The molecule has 2 amide bonds. The van der Waals surface area contributed by atoms with Gasteiger partial charge < -0.3 is 10.1 Å². The maximum absolute atomic E-state index is 12.1. The summed E-state index contributed by atoms with van der Waals surface area (Å²) in [6.07, 6.45) is 2.79. The molecular weight excluding hydrogens is 356 g/mol. The summed E-state index contributed by atoms with van der Waals surface area (Å²) in [6.45, 7) is 2.12. The molecule has 1 aliphatic carbocycles. The van der Waals surface area contributed by atoms with Crippen molar-refractivity contribution in [2.75, 3.05) is 18.0 Å². The number of carbonyl (C=O) groups is 2. The van der Waals surface area contributed by atoms with Gasteiger partial charge in [0.25, 0.3) is 0 Å². The number of aromatic nitrogens is 1. The predicted molar refractivity (Wildman–Crippen MR) is 102 cm³/mol. The Balaban J connectivity index is 1.45. The SMILES string of the molecule is CC(=O)NCC1CN(c2ccc(-c3ccc(C4(C#N)CC4)cn3)cc2)C(=O)O1. The van der Waals surface area contributed by atoms with Crippen molar-refractivity contribution in [3.63, 3.8) is 0 Å². The van der Waals surface area contributed by atoms with E-state index in [2.05, 4.69) is 16.4 Å². The maximum atomic E-state index is 12.1. The summed E-state index contributed by atoms with van der Waals surface area (Å²) in [5.41, 5.74) is 3.12. The Labute approximate surface area is 162 Å². The zero-order chi connectivity index (χ0) is 19.7. The van der Waals surface area contributed by atoms with Gasteiger partial charge in [-0.1, -0.05) is 18.2 Å². The van der Waals surface area contributed by atoms with Gasteiger partial charge in [-0.2, -0.15) is 5.26 Å². The highest BCUT2D eigenvalue weighted by Crippen LogP contribution is 2.47.